The van der Waals surface area contributed by atoms with Crippen molar-refractivity contribution >= 4 is 15.8 Å². The lowest BCUT2D eigenvalue weighted by atomic mass is 9.65. The zero-order valence-corrected chi connectivity index (χ0v) is 13.0. The number of nitrogens with one attached hydrogen (secondary N) is 2. The number of hydrogen-bond acceptors (Lipinski definition) is 5. The van der Waals surface area contributed by atoms with Gasteiger partial charge < -0.3 is 10.1 Å². The first-order valence-corrected chi connectivity index (χ1v) is 7.98. The van der Waals surface area contributed by atoms with Crippen LogP contribution in [-0.4, -0.2) is 39.7 Å². The second-order valence-corrected chi connectivity index (χ2v) is 7.30. The van der Waals surface area contributed by atoms with Crippen molar-refractivity contribution in [2.24, 2.45) is 5.41 Å². The molecule has 6 nitrogen and oxygen atoms in total. The van der Waals surface area contributed by atoms with Crippen LogP contribution >= 0.6 is 0 Å². The summed E-state index contributed by atoms with van der Waals surface area (Å²) in [6.45, 7) is 4.01. The highest BCUT2D eigenvalue weighted by Gasteiger charge is 2.50. The Balaban J connectivity index is 2.16. The largest absolute Gasteiger partial charge is 0.381 e. The summed E-state index contributed by atoms with van der Waals surface area (Å²) in [6.07, 6.45) is 2.25. The van der Waals surface area contributed by atoms with Gasteiger partial charge in [0.2, 0.25) is 10.0 Å². The SMILES string of the molecule is CNc1cc(S(=O)(=O)NC2CC(OC)C2(C)C)ccn1. The fourth-order valence-electron chi connectivity index (χ4n) is 2.46. The lowest BCUT2D eigenvalue weighted by Gasteiger charge is -2.50. The van der Waals surface area contributed by atoms with E-state index < -0.39 is 10.0 Å². The molecule has 1 aliphatic rings. The van der Waals surface area contributed by atoms with Crippen LogP contribution in [0.3, 0.4) is 0 Å². The summed E-state index contributed by atoms with van der Waals surface area (Å²) in [5.41, 5.74) is -0.208. The van der Waals surface area contributed by atoms with Crippen molar-refractivity contribution in [1.29, 1.82) is 0 Å². The highest BCUT2D eigenvalue weighted by Crippen LogP contribution is 2.43. The highest BCUT2D eigenvalue weighted by molar-refractivity contribution is 7.89. The smallest absolute Gasteiger partial charge is 0.241 e. The van der Waals surface area contributed by atoms with Gasteiger partial charge in [-0.05, 0) is 12.5 Å². The van der Waals surface area contributed by atoms with Crippen molar-refractivity contribution in [2.75, 3.05) is 19.5 Å². The summed E-state index contributed by atoms with van der Waals surface area (Å²) in [6, 6.07) is 2.88. The van der Waals surface area contributed by atoms with Gasteiger partial charge in [0.05, 0.1) is 11.0 Å². The van der Waals surface area contributed by atoms with Crippen molar-refractivity contribution in [1.82, 2.24) is 9.71 Å². The summed E-state index contributed by atoms with van der Waals surface area (Å²) in [5, 5.41) is 2.83. The molecule has 112 valence electrons. The highest BCUT2D eigenvalue weighted by atomic mass is 32.2. The molecule has 1 aliphatic carbocycles. The van der Waals surface area contributed by atoms with E-state index in [1.54, 1.807) is 14.2 Å². The van der Waals surface area contributed by atoms with Gasteiger partial charge in [-0.25, -0.2) is 18.1 Å². The molecule has 2 atom stereocenters. The molecule has 0 bridgehead atoms. The molecular formula is C13H21N3O3S. The summed E-state index contributed by atoms with van der Waals surface area (Å²) in [5.74, 6) is 0.524. The Bertz CT molecular complexity index is 586. The van der Waals surface area contributed by atoms with Gasteiger partial charge in [0, 0.05) is 37.9 Å². The first-order valence-electron chi connectivity index (χ1n) is 6.50. The second kappa shape index (κ2) is 5.31. The number of anilines is 1. The molecule has 1 fully saturated rings. The van der Waals surface area contributed by atoms with Crippen LogP contribution < -0.4 is 10.0 Å². The molecule has 2 rings (SSSR count). The van der Waals surface area contributed by atoms with Crippen molar-refractivity contribution < 1.29 is 13.2 Å². The molecular weight excluding hydrogens is 278 g/mol. The lowest BCUT2D eigenvalue weighted by molar-refractivity contribution is -0.0908. The molecule has 0 aliphatic heterocycles. The molecule has 1 heterocycles. The van der Waals surface area contributed by atoms with Gasteiger partial charge in [0.15, 0.2) is 0 Å². The molecule has 1 aromatic rings. The molecule has 2 unspecified atom stereocenters. The van der Waals surface area contributed by atoms with Crippen LogP contribution in [0, 0.1) is 5.41 Å². The average Bonchev–Trinajstić information content (AvgIpc) is 2.43. The van der Waals surface area contributed by atoms with E-state index in [1.165, 1.54) is 18.3 Å². The Labute approximate surface area is 120 Å². The number of pyridine rings is 1. The van der Waals surface area contributed by atoms with Gasteiger partial charge in [-0.1, -0.05) is 13.8 Å². The predicted molar refractivity (Wildman–Crippen MR) is 77.1 cm³/mol. The Morgan fingerprint density at radius 2 is 2.15 bits per heavy atom. The Kier molecular flexibility index (Phi) is 4.04. The third-order valence-corrected chi connectivity index (χ3v) is 5.53. The maximum Gasteiger partial charge on any atom is 0.241 e. The third-order valence-electron chi connectivity index (χ3n) is 4.06. The maximum atomic E-state index is 12.4. The third kappa shape index (κ3) is 2.65. The monoisotopic (exact) mass is 299 g/mol. The molecule has 2 N–H and O–H groups in total. The predicted octanol–water partition coefficient (Wildman–Crippen LogP) is 1.22. The van der Waals surface area contributed by atoms with E-state index in [0.717, 1.165) is 0 Å². The minimum atomic E-state index is -3.54. The number of methoxy groups -OCH3 is 1. The maximum absolute atomic E-state index is 12.4. The van der Waals surface area contributed by atoms with E-state index in [4.69, 9.17) is 4.74 Å². The van der Waals surface area contributed by atoms with E-state index in [1.807, 2.05) is 13.8 Å². The minimum Gasteiger partial charge on any atom is -0.381 e. The van der Waals surface area contributed by atoms with Gasteiger partial charge >= 0.3 is 0 Å². The minimum absolute atomic E-state index is 0.0838. The molecule has 1 aromatic heterocycles. The molecule has 7 heteroatoms. The van der Waals surface area contributed by atoms with E-state index in [2.05, 4.69) is 15.0 Å². The van der Waals surface area contributed by atoms with E-state index in [0.29, 0.717) is 12.2 Å². The normalized spacial score (nSPS) is 25.0. The van der Waals surface area contributed by atoms with Gasteiger partial charge in [-0.15, -0.1) is 0 Å². The van der Waals surface area contributed by atoms with Gasteiger partial charge in [-0.3, -0.25) is 0 Å². The molecule has 0 aromatic carbocycles. The number of nitrogens with zero attached hydrogens (tertiary/aromatic N) is 1. The molecule has 0 spiro atoms. The molecule has 1 saturated carbocycles. The summed E-state index contributed by atoms with van der Waals surface area (Å²) < 4.78 is 32.8. The van der Waals surface area contributed by atoms with Gasteiger partial charge in [0.1, 0.15) is 5.82 Å². The van der Waals surface area contributed by atoms with Crippen LogP contribution in [0.25, 0.3) is 0 Å². The molecule has 0 amide bonds. The lowest BCUT2D eigenvalue weighted by Crippen LogP contribution is -2.61. The van der Waals surface area contributed by atoms with Gasteiger partial charge in [-0.2, -0.15) is 0 Å². The first-order chi connectivity index (χ1) is 9.31. The van der Waals surface area contributed by atoms with Crippen LogP contribution in [0.4, 0.5) is 5.82 Å². The summed E-state index contributed by atoms with van der Waals surface area (Å²) >= 11 is 0. The first kappa shape index (κ1) is 15.2. The second-order valence-electron chi connectivity index (χ2n) is 5.58. The van der Waals surface area contributed by atoms with Crippen LogP contribution in [0.15, 0.2) is 23.2 Å². The molecule has 20 heavy (non-hydrogen) atoms. The van der Waals surface area contributed by atoms with Crippen LogP contribution in [0.2, 0.25) is 0 Å². The number of sulfonamides is 1. The van der Waals surface area contributed by atoms with Crippen LogP contribution in [0.1, 0.15) is 20.3 Å². The van der Waals surface area contributed by atoms with Crippen molar-refractivity contribution in [3.05, 3.63) is 18.3 Å². The van der Waals surface area contributed by atoms with Crippen molar-refractivity contribution in [3.8, 4) is 0 Å². The number of rotatable bonds is 5. The van der Waals surface area contributed by atoms with Gasteiger partial charge in [0.25, 0.3) is 0 Å². The summed E-state index contributed by atoms with van der Waals surface area (Å²) in [4.78, 5) is 4.23. The van der Waals surface area contributed by atoms with E-state index in [-0.39, 0.29) is 22.5 Å². The van der Waals surface area contributed by atoms with E-state index in [9.17, 15) is 8.42 Å². The fraction of sp³-hybridized carbons (Fsp3) is 0.615. The van der Waals surface area contributed by atoms with Crippen LogP contribution in [0.5, 0.6) is 0 Å². The topological polar surface area (TPSA) is 80.3 Å². The summed E-state index contributed by atoms with van der Waals surface area (Å²) in [7, 11) is -0.190. The number of ether oxygens (including phenoxy) is 1. The quantitative estimate of drug-likeness (QED) is 0.854. The Hall–Kier alpha value is -1.18. The molecule has 0 saturated heterocycles. The zero-order valence-electron chi connectivity index (χ0n) is 12.2. The zero-order chi connectivity index (χ0) is 15.0. The standard InChI is InChI=1S/C13H21N3O3S/c1-13(2)10(8-11(13)19-4)16-20(17,18)9-5-6-15-12(7-9)14-3/h5-7,10-11,16H,8H2,1-4H3,(H,14,15). The molecule has 0 radical (unpaired) electrons. The van der Waals surface area contributed by atoms with E-state index >= 15 is 0 Å². The Morgan fingerprint density at radius 3 is 2.70 bits per heavy atom. The van der Waals surface area contributed by atoms with Crippen molar-refractivity contribution in [2.45, 2.75) is 37.3 Å². The van der Waals surface area contributed by atoms with Crippen LogP contribution in [-0.2, 0) is 14.8 Å². The Morgan fingerprint density at radius 1 is 1.45 bits per heavy atom. The fourth-order valence-corrected chi connectivity index (χ4v) is 3.87. The number of hydrogen-bond donors (Lipinski definition) is 2. The number of aromatic nitrogens is 1. The van der Waals surface area contributed by atoms with Crippen molar-refractivity contribution in [3.63, 3.8) is 0 Å². The average molecular weight is 299 g/mol.